The van der Waals surface area contributed by atoms with Gasteiger partial charge in [0.25, 0.3) is 0 Å². The minimum atomic E-state index is -5.14. The Morgan fingerprint density at radius 2 is 1.81 bits per heavy atom. The van der Waals surface area contributed by atoms with Crippen molar-refractivity contribution in [1.82, 2.24) is 20.9 Å². The summed E-state index contributed by atoms with van der Waals surface area (Å²) in [6.45, 7) is 5.77. The average molecular weight is 524 g/mol. The topological polar surface area (TPSA) is 131 Å². The first-order valence-electron chi connectivity index (χ1n) is 12.8. The zero-order valence-corrected chi connectivity index (χ0v) is 21.1. The summed E-state index contributed by atoms with van der Waals surface area (Å²) in [7, 11) is 0. The van der Waals surface area contributed by atoms with Crippen LogP contribution < -0.4 is 16.0 Å². The molecule has 2 aliphatic heterocycles. The molecule has 0 aromatic heterocycles. The third-order valence-electron chi connectivity index (χ3n) is 9.52. The fourth-order valence-electron chi connectivity index (χ4n) is 6.55. The Balaban J connectivity index is 1.31. The van der Waals surface area contributed by atoms with Gasteiger partial charge in [0.05, 0.1) is 6.07 Å². The third kappa shape index (κ3) is 4.44. The molecule has 1 spiro atoms. The summed E-state index contributed by atoms with van der Waals surface area (Å²) in [4.78, 5) is 52.4. The lowest BCUT2D eigenvalue weighted by Gasteiger charge is -2.35. The van der Waals surface area contributed by atoms with Gasteiger partial charge in [-0.25, -0.2) is 0 Å². The van der Waals surface area contributed by atoms with E-state index in [-0.39, 0.29) is 41.7 Å². The normalized spacial score (nSPS) is 33.0. The summed E-state index contributed by atoms with van der Waals surface area (Å²) < 4.78 is 39.0. The molecule has 3 N–H and O–H groups in total. The molecule has 12 heteroatoms. The molecule has 9 nitrogen and oxygen atoms in total. The first kappa shape index (κ1) is 25.8. The maximum absolute atomic E-state index is 13.6. The number of carbonyl (C=O) groups excluding carboxylic acids is 4. The Morgan fingerprint density at radius 3 is 2.32 bits per heavy atom. The second kappa shape index (κ2) is 8.08. The summed E-state index contributed by atoms with van der Waals surface area (Å²) in [5.74, 6) is -4.21. The molecule has 2 saturated heterocycles. The van der Waals surface area contributed by atoms with Gasteiger partial charge in [0.15, 0.2) is 0 Å². The molecule has 1 unspecified atom stereocenters. The molecular weight excluding hydrogens is 491 g/mol. The number of alkyl halides is 3. The minimum absolute atomic E-state index is 0.0194. The van der Waals surface area contributed by atoms with Crippen LogP contribution in [0.4, 0.5) is 13.2 Å². The van der Waals surface area contributed by atoms with E-state index in [1.54, 1.807) is 6.92 Å². The monoisotopic (exact) mass is 523 g/mol. The van der Waals surface area contributed by atoms with E-state index >= 15 is 0 Å². The van der Waals surface area contributed by atoms with Crippen molar-refractivity contribution in [3.8, 4) is 6.07 Å². The van der Waals surface area contributed by atoms with Gasteiger partial charge in [0.1, 0.15) is 18.1 Å². The van der Waals surface area contributed by atoms with Gasteiger partial charge in [-0.2, -0.15) is 18.4 Å². The molecule has 0 aromatic carbocycles. The summed E-state index contributed by atoms with van der Waals surface area (Å²) in [6, 6.07) is -1.27. The lowest BCUT2D eigenvalue weighted by molar-refractivity contribution is -0.176. The zero-order valence-electron chi connectivity index (χ0n) is 21.1. The first-order chi connectivity index (χ1) is 17.1. The Kier molecular flexibility index (Phi) is 5.63. The van der Waals surface area contributed by atoms with Crippen LogP contribution in [0.15, 0.2) is 0 Å². The molecule has 5 fully saturated rings. The van der Waals surface area contributed by atoms with Crippen LogP contribution in [0.25, 0.3) is 0 Å². The van der Waals surface area contributed by atoms with Crippen molar-refractivity contribution in [3.05, 3.63) is 0 Å². The van der Waals surface area contributed by atoms with Crippen LogP contribution >= 0.6 is 0 Å². The van der Waals surface area contributed by atoms with Gasteiger partial charge >= 0.3 is 12.1 Å². The second-order valence-electron chi connectivity index (χ2n) is 12.5. The summed E-state index contributed by atoms with van der Waals surface area (Å²) in [5, 5.41) is 17.3. The van der Waals surface area contributed by atoms with Crippen molar-refractivity contribution in [2.24, 2.45) is 28.6 Å². The molecule has 6 atom stereocenters. The van der Waals surface area contributed by atoms with Crippen LogP contribution in [-0.4, -0.2) is 64.9 Å². The minimum Gasteiger partial charge on any atom is -0.350 e. The number of nitriles is 1. The SMILES string of the molecule is CC1(C(NC(=O)C(F)(F)F)C(=O)N2C[C@H]3[C@@H]([C@H]2C(=O)N[C@H](C#N)C[C@@H]2CC4(CC4)NC2=O)C3(C)C)CC1. The van der Waals surface area contributed by atoms with Gasteiger partial charge in [-0.3, -0.25) is 19.2 Å². The van der Waals surface area contributed by atoms with Crippen LogP contribution in [0, 0.1) is 39.9 Å². The molecule has 2 heterocycles. The quantitative estimate of drug-likeness (QED) is 0.464. The zero-order chi connectivity index (χ0) is 27.1. The van der Waals surface area contributed by atoms with Gasteiger partial charge in [0, 0.05) is 18.0 Å². The number of piperidine rings is 1. The molecule has 202 valence electrons. The maximum Gasteiger partial charge on any atom is 0.471 e. The van der Waals surface area contributed by atoms with E-state index in [1.807, 2.05) is 25.2 Å². The molecule has 0 aromatic rings. The molecular formula is C25H32F3N5O4. The van der Waals surface area contributed by atoms with E-state index in [2.05, 4.69) is 10.6 Å². The largest absolute Gasteiger partial charge is 0.471 e. The molecule has 3 saturated carbocycles. The predicted molar refractivity (Wildman–Crippen MR) is 122 cm³/mol. The van der Waals surface area contributed by atoms with Gasteiger partial charge in [-0.15, -0.1) is 0 Å². The molecule has 37 heavy (non-hydrogen) atoms. The maximum atomic E-state index is 13.6. The predicted octanol–water partition coefficient (Wildman–Crippen LogP) is 1.38. The average Bonchev–Trinajstić information content (AvgIpc) is 3.73. The van der Waals surface area contributed by atoms with Crippen LogP contribution in [0.3, 0.4) is 0 Å². The van der Waals surface area contributed by atoms with Crippen LogP contribution in [-0.2, 0) is 19.2 Å². The lowest BCUT2D eigenvalue weighted by atomic mass is 9.93. The Hall–Kier alpha value is -2.84. The van der Waals surface area contributed by atoms with E-state index < -0.39 is 53.4 Å². The van der Waals surface area contributed by atoms with Gasteiger partial charge in [0.2, 0.25) is 17.7 Å². The molecule has 5 rings (SSSR count). The fourth-order valence-corrected chi connectivity index (χ4v) is 6.55. The Labute approximate surface area is 212 Å². The molecule has 5 aliphatic rings. The number of fused-ring (bicyclic) bond motifs is 1. The van der Waals surface area contributed by atoms with Crippen molar-refractivity contribution in [2.45, 2.75) is 89.1 Å². The molecule has 0 bridgehead atoms. The number of nitrogens with one attached hydrogen (secondary N) is 3. The highest BCUT2D eigenvalue weighted by Crippen LogP contribution is 2.65. The van der Waals surface area contributed by atoms with Gasteiger partial charge in [-0.05, 0) is 61.2 Å². The number of hydrogen-bond acceptors (Lipinski definition) is 5. The van der Waals surface area contributed by atoms with E-state index in [4.69, 9.17) is 0 Å². The highest BCUT2D eigenvalue weighted by molar-refractivity contribution is 5.95. The number of rotatable bonds is 7. The molecule has 0 radical (unpaired) electrons. The summed E-state index contributed by atoms with van der Waals surface area (Å²) in [5.41, 5.74) is -1.23. The number of nitrogens with zero attached hydrogens (tertiary/aromatic N) is 2. The van der Waals surface area contributed by atoms with Gasteiger partial charge < -0.3 is 20.9 Å². The third-order valence-corrected chi connectivity index (χ3v) is 9.52. The fraction of sp³-hybridized carbons (Fsp3) is 0.800. The molecule has 4 amide bonds. The van der Waals surface area contributed by atoms with Crippen molar-refractivity contribution in [1.29, 1.82) is 5.26 Å². The lowest BCUT2D eigenvalue weighted by Crippen LogP contribution is -2.59. The smallest absolute Gasteiger partial charge is 0.350 e. The van der Waals surface area contributed by atoms with Crippen molar-refractivity contribution >= 4 is 23.6 Å². The van der Waals surface area contributed by atoms with Crippen LogP contribution in [0.5, 0.6) is 0 Å². The van der Waals surface area contributed by atoms with Crippen LogP contribution in [0.1, 0.15) is 59.3 Å². The Morgan fingerprint density at radius 1 is 1.16 bits per heavy atom. The number of halogens is 3. The Bertz CT molecular complexity index is 1090. The van der Waals surface area contributed by atoms with Crippen LogP contribution in [0.2, 0.25) is 0 Å². The van der Waals surface area contributed by atoms with E-state index in [0.29, 0.717) is 19.3 Å². The standard InChI is InChI=1S/C25H32F3N5O4/c1-22(2)14-11-33(20(36)17(23(3)4-5-23)31-21(37)25(26,27)28)16(15(14)22)19(35)30-13(10-29)8-12-9-24(6-7-24)32-18(12)34/h12-17H,4-9,11H2,1-3H3,(H,30,35)(H,31,37)(H,32,34)/t12-,13+,14+,15+,16+,17?/m1/s1. The van der Waals surface area contributed by atoms with Crippen molar-refractivity contribution in [2.75, 3.05) is 6.54 Å². The number of likely N-dealkylation sites (tertiary alicyclic amines) is 1. The van der Waals surface area contributed by atoms with Crippen molar-refractivity contribution in [3.63, 3.8) is 0 Å². The molecule has 3 aliphatic carbocycles. The summed E-state index contributed by atoms with van der Waals surface area (Å²) >= 11 is 0. The number of hydrogen-bond donors (Lipinski definition) is 3. The highest BCUT2D eigenvalue weighted by atomic mass is 19.4. The van der Waals surface area contributed by atoms with E-state index in [9.17, 15) is 37.6 Å². The van der Waals surface area contributed by atoms with Crippen molar-refractivity contribution < 1.29 is 32.3 Å². The van der Waals surface area contributed by atoms with E-state index in [1.165, 1.54) is 4.90 Å². The first-order valence-corrected chi connectivity index (χ1v) is 12.8. The highest BCUT2D eigenvalue weighted by Gasteiger charge is 2.70. The second-order valence-corrected chi connectivity index (χ2v) is 12.5. The number of amides is 4. The van der Waals surface area contributed by atoms with E-state index in [0.717, 1.165) is 12.8 Å². The number of carbonyl (C=O) groups is 4. The van der Waals surface area contributed by atoms with Gasteiger partial charge in [-0.1, -0.05) is 20.8 Å². The summed E-state index contributed by atoms with van der Waals surface area (Å²) in [6.07, 6.45) is -1.61.